The lowest BCUT2D eigenvalue weighted by Crippen LogP contribution is -2.39. The highest BCUT2D eigenvalue weighted by molar-refractivity contribution is 7.89. The molecule has 6 nitrogen and oxygen atoms in total. The third kappa shape index (κ3) is 7.61. The van der Waals surface area contributed by atoms with Gasteiger partial charge in [-0.1, -0.05) is 0 Å². The molecular formula is C9H19NO5S. The van der Waals surface area contributed by atoms with E-state index in [1.165, 1.54) is 7.11 Å². The van der Waals surface area contributed by atoms with E-state index in [0.717, 1.165) is 0 Å². The van der Waals surface area contributed by atoms with E-state index in [0.29, 0.717) is 0 Å². The molecule has 0 radical (unpaired) electrons. The lowest BCUT2D eigenvalue weighted by Gasteiger charge is -2.22. The van der Waals surface area contributed by atoms with Crippen LogP contribution in [-0.2, 0) is 19.6 Å². The van der Waals surface area contributed by atoms with Crippen molar-refractivity contribution >= 4 is 16.0 Å². The van der Waals surface area contributed by atoms with Crippen LogP contribution >= 0.6 is 0 Å². The van der Waals surface area contributed by atoms with Gasteiger partial charge in [0.1, 0.15) is 0 Å². The molecule has 7 heteroatoms. The minimum absolute atomic E-state index is 0.0454. The molecule has 0 atom stereocenters. The Morgan fingerprint density at radius 2 is 2.00 bits per heavy atom. The number of rotatable bonds is 8. The molecule has 0 bridgehead atoms. The Bertz CT molecular complexity index is 323. The molecule has 16 heavy (non-hydrogen) atoms. The fourth-order valence-corrected chi connectivity index (χ4v) is 2.63. The Morgan fingerprint density at radius 1 is 1.44 bits per heavy atom. The van der Waals surface area contributed by atoms with Crippen LogP contribution in [0.1, 0.15) is 26.7 Å². The normalized spacial score (nSPS) is 12.7. The average Bonchev–Trinajstić information content (AvgIpc) is 2.11. The van der Waals surface area contributed by atoms with Crippen molar-refractivity contribution in [2.24, 2.45) is 0 Å². The molecule has 0 rings (SSSR count). The maximum absolute atomic E-state index is 11.5. The van der Waals surface area contributed by atoms with Crippen molar-refractivity contribution in [3.05, 3.63) is 0 Å². The van der Waals surface area contributed by atoms with E-state index in [2.05, 4.69) is 4.72 Å². The van der Waals surface area contributed by atoms with Gasteiger partial charge in [0.2, 0.25) is 10.0 Å². The van der Waals surface area contributed by atoms with Crippen LogP contribution in [0.2, 0.25) is 0 Å². The summed E-state index contributed by atoms with van der Waals surface area (Å²) in [6.07, 6.45) is 0.234. The lowest BCUT2D eigenvalue weighted by molar-refractivity contribution is -0.137. The molecule has 0 amide bonds. The van der Waals surface area contributed by atoms with Crippen molar-refractivity contribution in [1.82, 2.24) is 4.72 Å². The number of sulfonamides is 1. The van der Waals surface area contributed by atoms with Gasteiger partial charge >= 0.3 is 5.97 Å². The van der Waals surface area contributed by atoms with Gasteiger partial charge in [-0.3, -0.25) is 4.79 Å². The van der Waals surface area contributed by atoms with E-state index in [9.17, 15) is 13.2 Å². The Kier molecular flexibility index (Phi) is 5.91. The summed E-state index contributed by atoms with van der Waals surface area (Å²) in [4.78, 5) is 10.2. The van der Waals surface area contributed by atoms with Crippen molar-refractivity contribution in [3.63, 3.8) is 0 Å². The number of aliphatic carboxylic acids is 1. The van der Waals surface area contributed by atoms with E-state index in [1.54, 1.807) is 13.8 Å². The summed E-state index contributed by atoms with van der Waals surface area (Å²) in [7, 11) is -1.97. The third-order valence-electron chi connectivity index (χ3n) is 1.98. The minimum atomic E-state index is -3.42. The molecule has 2 N–H and O–H groups in total. The molecule has 0 spiro atoms. The number of hydrogen-bond acceptors (Lipinski definition) is 4. The summed E-state index contributed by atoms with van der Waals surface area (Å²) in [5, 5.41) is 8.37. The van der Waals surface area contributed by atoms with Crippen molar-refractivity contribution in [3.8, 4) is 0 Å². The zero-order chi connectivity index (χ0) is 12.8. The number of ether oxygens (including phenoxy) is 1. The summed E-state index contributed by atoms with van der Waals surface area (Å²) in [6.45, 7) is 3.47. The van der Waals surface area contributed by atoms with Gasteiger partial charge in [0.25, 0.3) is 0 Å². The van der Waals surface area contributed by atoms with Crippen molar-refractivity contribution in [2.75, 3.05) is 19.4 Å². The van der Waals surface area contributed by atoms with Gasteiger partial charge in [-0.05, 0) is 20.3 Å². The van der Waals surface area contributed by atoms with Gasteiger partial charge in [-0.15, -0.1) is 0 Å². The first-order valence-corrected chi connectivity index (χ1v) is 6.58. The van der Waals surface area contributed by atoms with Crippen molar-refractivity contribution < 1.29 is 23.1 Å². The topological polar surface area (TPSA) is 92.7 Å². The molecule has 0 unspecified atom stereocenters. The van der Waals surface area contributed by atoms with Crippen LogP contribution in [0.25, 0.3) is 0 Å². The highest BCUT2D eigenvalue weighted by Gasteiger charge is 2.25. The van der Waals surface area contributed by atoms with Gasteiger partial charge in [0.15, 0.2) is 0 Å². The van der Waals surface area contributed by atoms with Crippen molar-refractivity contribution in [1.29, 1.82) is 0 Å². The minimum Gasteiger partial charge on any atom is -0.481 e. The quantitative estimate of drug-likeness (QED) is 0.603. The zero-order valence-corrected chi connectivity index (χ0v) is 10.6. The van der Waals surface area contributed by atoms with Crippen LogP contribution in [-0.4, -0.2) is 44.5 Å². The van der Waals surface area contributed by atoms with E-state index in [1.807, 2.05) is 0 Å². The predicted octanol–water partition coefficient (Wildman–Crippen LogP) is 0.196. The number of carboxylic acid groups (broad SMARTS) is 1. The monoisotopic (exact) mass is 253 g/mol. The third-order valence-corrected chi connectivity index (χ3v) is 3.70. The maximum atomic E-state index is 11.5. The van der Waals surface area contributed by atoms with Gasteiger partial charge in [-0.25, -0.2) is 13.1 Å². The fraction of sp³-hybridized carbons (Fsp3) is 0.889. The van der Waals surface area contributed by atoms with Crippen LogP contribution in [0.15, 0.2) is 0 Å². The SMILES string of the molecule is COC(C)(C)CS(=O)(=O)NCCCC(=O)O. The van der Waals surface area contributed by atoms with E-state index >= 15 is 0 Å². The van der Waals surface area contributed by atoms with Gasteiger partial charge in [0, 0.05) is 20.1 Å². The van der Waals surface area contributed by atoms with Crippen LogP contribution in [0.4, 0.5) is 0 Å². The molecule has 0 fully saturated rings. The fourth-order valence-electron chi connectivity index (χ4n) is 1.03. The Hall–Kier alpha value is -0.660. The first kappa shape index (κ1) is 15.3. The molecule has 0 aromatic carbocycles. The largest absolute Gasteiger partial charge is 0.481 e. The Morgan fingerprint density at radius 3 is 2.44 bits per heavy atom. The molecule has 0 aliphatic heterocycles. The molecule has 0 aromatic heterocycles. The molecule has 0 saturated carbocycles. The molecule has 0 aromatic rings. The molecule has 96 valence electrons. The first-order valence-electron chi connectivity index (χ1n) is 4.93. The molecule has 0 aliphatic carbocycles. The highest BCUT2D eigenvalue weighted by Crippen LogP contribution is 2.09. The molecular weight excluding hydrogens is 234 g/mol. The standard InChI is InChI=1S/C9H19NO5S/c1-9(2,15-3)7-16(13,14)10-6-4-5-8(11)12/h10H,4-7H2,1-3H3,(H,11,12). The number of hydrogen-bond donors (Lipinski definition) is 2. The number of carbonyl (C=O) groups is 1. The van der Waals surface area contributed by atoms with Crippen LogP contribution in [0, 0.1) is 0 Å². The maximum Gasteiger partial charge on any atom is 0.303 e. The number of carboxylic acids is 1. The van der Waals surface area contributed by atoms with Crippen LogP contribution in [0.3, 0.4) is 0 Å². The molecule has 0 heterocycles. The summed E-state index contributed by atoms with van der Waals surface area (Å²) in [5.74, 6) is -1.08. The lowest BCUT2D eigenvalue weighted by atomic mass is 10.2. The second-order valence-electron chi connectivity index (χ2n) is 4.11. The summed E-state index contributed by atoms with van der Waals surface area (Å²) in [6, 6.07) is 0. The van der Waals surface area contributed by atoms with E-state index in [-0.39, 0.29) is 25.1 Å². The van der Waals surface area contributed by atoms with Crippen LogP contribution in [0.5, 0.6) is 0 Å². The van der Waals surface area contributed by atoms with Gasteiger partial charge in [0.05, 0.1) is 11.4 Å². The highest BCUT2D eigenvalue weighted by atomic mass is 32.2. The van der Waals surface area contributed by atoms with Crippen molar-refractivity contribution in [2.45, 2.75) is 32.3 Å². The molecule has 0 aliphatic rings. The predicted molar refractivity (Wildman–Crippen MR) is 59.7 cm³/mol. The smallest absolute Gasteiger partial charge is 0.303 e. The Balaban J connectivity index is 4.02. The number of nitrogens with one attached hydrogen (secondary N) is 1. The summed E-state index contributed by atoms with van der Waals surface area (Å²) >= 11 is 0. The van der Waals surface area contributed by atoms with Gasteiger partial charge < -0.3 is 9.84 Å². The zero-order valence-electron chi connectivity index (χ0n) is 9.82. The summed E-state index contributed by atoms with van der Waals surface area (Å²) < 4.78 is 30.4. The average molecular weight is 253 g/mol. The second kappa shape index (κ2) is 6.17. The first-order chi connectivity index (χ1) is 7.18. The van der Waals surface area contributed by atoms with Crippen LogP contribution < -0.4 is 4.72 Å². The van der Waals surface area contributed by atoms with E-state index in [4.69, 9.17) is 9.84 Å². The molecule has 0 saturated heterocycles. The van der Waals surface area contributed by atoms with E-state index < -0.39 is 21.6 Å². The Labute approximate surface area is 96.0 Å². The van der Waals surface area contributed by atoms with Gasteiger partial charge in [-0.2, -0.15) is 0 Å². The number of methoxy groups -OCH3 is 1. The second-order valence-corrected chi connectivity index (χ2v) is 5.92. The summed E-state index contributed by atoms with van der Waals surface area (Å²) in [5.41, 5.74) is -0.751.